The molecule has 7 nitrogen and oxygen atoms in total. The minimum absolute atomic E-state index is 0.0456. The summed E-state index contributed by atoms with van der Waals surface area (Å²) in [6, 6.07) is 23.0. The number of aryl methyl sites for hydroxylation is 1. The van der Waals surface area contributed by atoms with Crippen LogP contribution in [0.4, 0.5) is 11.4 Å². The van der Waals surface area contributed by atoms with Gasteiger partial charge < -0.3 is 23.7 Å². The smallest absolute Gasteiger partial charge is 0.336 e. The van der Waals surface area contributed by atoms with E-state index < -0.39 is 0 Å². The molecule has 7 heteroatoms. The number of nitrogens with zero attached hydrogens (tertiary/aromatic N) is 3. The number of para-hydroxylation sites is 1. The van der Waals surface area contributed by atoms with Gasteiger partial charge in [0.1, 0.15) is 17.1 Å². The van der Waals surface area contributed by atoms with Crippen LogP contribution < -0.4 is 24.9 Å². The molecule has 4 aromatic rings. The third kappa shape index (κ3) is 7.05. The fourth-order valence-corrected chi connectivity index (χ4v) is 6.47. The molecular weight excluding hydrogens is 550 g/mol. The lowest BCUT2D eigenvalue weighted by atomic mass is 9.85. The molecule has 0 amide bonds. The van der Waals surface area contributed by atoms with Crippen LogP contribution in [0.15, 0.2) is 75.9 Å². The van der Waals surface area contributed by atoms with Crippen molar-refractivity contribution in [2.24, 2.45) is 0 Å². The van der Waals surface area contributed by atoms with Gasteiger partial charge in [-0.2, -0.15) is 0 Å². The highest BCUT2D eigenvalue weighted by Crippen LogP contribution is 2.44. The number of methoxy groups -OCH3 is 2. The molecule has 234 valence electrons. The van der Waals surface area contributed by atoms with Gasteiger partial charge in [-0.3, -0.25) is 4.90 Å². The van der Waals surface area contributed by atoms with Gasteiger partial charge >= 0.3 is 5.63 Å². The van der Waals surface area contributed by atoms with Gasteiger partial charge in [0, 0.05) is 75.3 Å². The minimum Gasteiger partial charge on any atom is -0.496 e. The van der Waals surface area contributed by atoms with Crippen molar-refractivity contribution in [3.05, 3.63) is 93.8 Å². The molecule has 1 saturated heterocycles. The lowest BCUT2D eigenvalue weighted by molar-refractivity contribution is 0.251. The Morgan fingerprint density at radius 1 is 0.886 bits per heavy atom. The van der Waals surface area contributed by atoms with E-state index in [9.17, 15) is 4.79 Å². The van der Waals surface area contributed by atoms with Crippen LogP contribution in [0.5, 0.6) is 11.5 Å². The molecule has 3 aromatic carbocycles. The van der Waals surface area contributed by atoms with Crippen molar-refractivity contribution < 1.29 is 13.9 Å². The molecule has 0 unspecified atom stereocenters. The summed E-state index contributed by atoms with van der Waals surface area (Å²) in [6.45, 7) is 7.10. The molecular formula is C37H47N3O4. The Kier molecular flexibility index (Phi) is 10.5. The maximum Gasteiger partial charge on any atom is 0.336 e. The van der Waals surface area contributed by atoms with Crippen molar-refractivity contribution in [3.8, 4) is 11.5 Å². The van der Waals surface area contributed by atoms with Gasteiger partial charge in [-0.1, -0.05) is 50.1 Å². The SMILES string of the molecule is CCCCCc1cc(=O)oc2c([C@H](CCN3CCN(c4ccccc4)CC3)c3ccc(N(C)C)cc3)c(OC)cc(OC)c12. The van der Waals surface area contributed by atoms with E-state index in [0.717, 1.165) is 87.0 Å². The standard InChI is InChI=1S/C37H47N3O4/c1-6-7-9-12-28-25-34(41)44-37-35(28)32(42-4)26-33(43-5)36(37)31(27-15-17-29(18-16-27)38(2)3)19-20-39-21-23-40(24-22-39)30-13-10-8-11-14-30/h8,10-11,13-18,25-26,31H,6-7,9,12,19-24H2,1-5H3/t31-/m1/s1. The van der Waals surface area contributed by atoms with Crippen LogP contribution in [0.2, 0.25) is 0 Å². The third-order valence-electron chi connectivity index (χ3n) is 8.94. The number of fused-ring (bicyclic) bond motifs is 1. The van der Waals surface area contributed by atoms with Gasteiger partial charge in [0.25, 0.3) is 0 Å². The van der Waals surface area contributed by atoms with E-state index >= 15 is 0 Å². The molecule has 0 bridgehead atoms. The minimum atomic E-state index is -0.334. The van der Waals surface area contributed by atoms with E-state index in [1.165, 1.54) is 11.3 Å². The Hall–Kier alpha value is -3.97. The maximum atomic E-state index is 13.1. The zero-order chi connectivity index (χ0) is 31.1. The Balaban J connectivity index is 1.53. The Labute approximate surface area is 262 Å². The highest BCUT2D eigenvalue weighted by molar-refractivity contribution is 5.92. The number of piperazine rings is 1. The van der Waals surface area contributed by atoms with E-state index in [1.807, 2.05) is 6.07 Å². The number of hydrogen-bond acceptors (Lipinski definition) is 7. The second kappa shape index (κ2) is 14.7. The Morgan fingerprint density at radius 3 is 2.23 bits per heavy atom. The number of unbranched alkanes of at least 4 members (excludes halogenated alkanes) is 2. The van der Waals surface area contributed by atoms with Gasteiger partial charge in [0.2, 0.25) is 0 Å². The number of anilines is 2. The molecule has 1 fully saturated rings. The average Bonchev–Trinajstić information content (AvgIpc) is 3.05. The van der Waals surface area contributed by atoms with Crippen molar-refractivity contribution in [3.63, 3.8) is 0 Å². The molecule has 0 aliphatic carbocycles. The van der Waals surface area contributed by atoms with E-state index in [0.29, 0.717) is 17.1 Å². The summed E-state index contributed by atoms with van der Waals surface area (Å²) in [5.41, 5.74) is 5.73. The molecule has 1 aromatic heterocycles. The van der Waals surface area contributed by atoms with Crippen molar-refractivity contribution in [2.75, 3.05) is 70.8 Å². The fraction of sp³-hybridized carbons (Fsp3) is 0.432. The van der Waals surface area contributed by atoms with Crippen LogP contribution in [-0.2, 0) is 6.42 Å². The first kappa shape index (κ1) is 31.5. The van der Waals surface area contributed by atoms with Crippen molar-refractivity contribution in [2.45, 2.75) is 44.9 Å². The van der Waals surface area contributed by atoms with E-state index in [2.05, 4.69) is 90.3 Å². The predicted molar refractivity (Wildman–Crippen MR) is 181 cm³/mol. The first-order valence-corrected chi connectivity index (χ1v) is 15.9. The van der Waals surface area contributed by atoms with Crippen molar-refractivity contribution in [1.82, 2.24) is 4.90 Å². The van der Waals surface area contributed by atoms with Crippen LogP contribution in [-0.4, -0.2) is 65.9 Å². The maximum absolute atomic E-state index is 13.1. The van der Waals surface area contributed by atoms with Gasteiger partial charge in [0.05, 0.1) is 19.6 Å². The summed E-state index contributed by atoms with van der Waals surface area (Å²) in [5.74, 6) is 1.31. The van der Waals surface area contributed by atoms with Crippen LogP contribution in [0.1, 0.15) is 55.2 Å². The molecule has 1 aliphatic rings. The quantitative estimate of drug-likeness (QED) is 0.122. The average molecular weight is 598 g/mol. The van der Waals surface area contributed by atoms with Gasteiger partial charge in [0.15, 0.2) is 0 Å². The summed E-state index contributed by atoms with van der Waals surface area (Å²) in [6.07, 6.45) is 4.87. The van der Waals surface area contributed by atoms with E-state index in [-0.39, 0.29) is 11.5 Å². The fourth-order valence-electron chi connectivity index (χ4n) is 6.47. The summed E-state index contributed by atoms with van der Waals surface area (Å²) in [4.78, 5) is 20.2. The summed E-state index contributed by atoms with van der Waals surface area (Å²) < 4.78 is 18.0. The zero-order valence-corrected chi connectivity index (χ0v) is 27.0. The molecule has 2 heterocycles. The molecule has 0 saturated carbocycles. The van der Waals surface area contributed by atoms with E-state index in [1.54, 1.807) is 20.3 Å². The van der Waals surface area contributed by atoms with Crippen LogP contribution in [0, 0.1) is 0 Å². The third-order valence-corrected chi connectivity index (χ3v) is 8.94. The first-order valence-electron chi connectivity index (χ1n) is 15.9. The van der Waals surface area contributed by atoms with E-state index in [4.69, 9.17) is 13.9 Å². The van der Waals surface area contributed by atoms with Crippen LogP contribution in [0.3, 0.4) is 0 Å². The second-order valence-corrected chi connectivity index (χ2v) is 11.9. The molecule has 0 spiro atoms. The van der Waals surface area contributed by atoms with Gasteiger partial charge in [-0.15, -0.1) is 0 Å². The number of rotatable bonds is 13. The summed E-state index contributed by atoms with van der Waals surface area (Å²) >= 11 is 0. The molecule has 44 heavy (non-hydrogen) atoms. The highest BCUT2D eigenvalue weighted by Gasteiger charge is 2.28. The number of benzene rings is 3. The van der Waals surface area contributed by atoms with Crippen molar-refractivity contribution >= 4 is 22.3 Å². The summed E-state index contributed by atoms with van der Waals surface area (Å²) in [5, 5.41) is 0.880. The Morgan fingerprint density at radius 2 is 1.59 bits per heavy atom. The predicted octanol–water partition coefficient (Wildman–Crippen LogP) is 6.95. The molecule has 1 atom stereocenters. The molecule has 0 N–H and O–H groups in total. The van der Waals surface area contributed by atoms with Crippen LogP contribution >= 0.6 is 0 Å². The highest BCUT2D eigenvalue weighted by atomic mass is 16.5. The van der Waals surface area contributed by atoms with Gasteiger partial charge in [-0.25, -0.2) is 4.79 Å². The normalized spacial score (nSPS) is 14.5. The topological polar surface area (TPSA) is 58.4 Å². The number of hydrogen-bond donors (Lipinski definition) is 0. The molecule has 0 radical (unpaired) electrons. The van der Waals surface area contributed by atoms with Crippen LogP contribution in [0.25, 0.3) is 11.0 Å². The van der Waals surface area contributed by atoms with Crippen molar-refractivity contribution in [1.29, 1.82) is 0 Å². The second-order valence-electron chi connectivity index (χ2n) is 11.9. The largest absolute Gasteiger partial charge is 0.496 e. The van der Waals surface area contributed by atoms with Gasteiger partial charge in [-0.05, 0) is 61.2 Å². The molecule has 1 aliphatic heterocycles. The molecule has 5 rings (SSSR count). The monoisotopic (exact) mass is 597 g/mol. The zero-order valence-electron chi connectivity index (χ0n) is 27.0. The summed E-state index contributed by atoms with van der Waals surface area (Å²) in [7, 11) is 7.45. The lowest BCUT2D eigenvalue weighted by Gasteiger charge is -2.36. The first-order chi connectivity index (χ1) is 21.4. The lowest BCUT2D eigenvalue weighted by Crippen LogP contribution is -2.46. The Bertz CT molecular complexity index is 1560. The number of ether oxygens (including phenoxy) is 2.